The second kappa shape index (κ2) is 3.23. The topological polar surface area (TPSA) is 41.5 Å². The Hall–Kier alpha value is -0.120. The summed E-state index contributed by atoms with van der Waals surface area (Å²) in [5.74, 6) is 0. The molecule has 1 aliphatic carbocycles. The van der Waals surface area contributed by atoms with Crippen LogP contribution in [0.1, 0.15) is 33.1 Å². The van der Waals surface area contributed by atoms with Gasteiger partial charge in [-0.25, -0.2) is 0 Å². The molecule has 2 aliphatic rings. The minimum absolute atomic E-state index is 0.122. The van der Waals surface area contributed by atoms with E-state index in [1.165, 1.54) is 0 Å². The number of aliphatic hydroxyl groups excluding tert-OH is 1. The molecule has 1 saturated carbocycles. The molecule has 0 aromatic rings. The first kappa shape index (κ1) is 9.44. The molecule has 0 amide bonds. The van der Waals surface area contributed by atoms with Gasteiger partial charge in [0.2, 0.25) is 0 Å². The lowest BCUT2D eigenvalue weighted by molar-refractivity contribution is 0.00000192. The fourth-order valence-corrected chi connectivity index (χ4v) is 2.03. The van der Waals surface area contributed by atoms with Crippen molar-refractivity contribution in [3.63, 3.8) is 0 Å². The molecule has 0 bridgehead atoms. The Morgan fingerprint density at radius 2 is 2.31 bits per heavy atom. The number of hydrogen-bond donors (Lipinski definition) is 2. The highest BCUT2D eigenvalue weighted by molar-refractivity contribution is 5.09. The van der Waals surface area contributed by atoms with Crippen LogP contribution in [0.2, 0.25) is 0 Å². The first-order valence-electron chi connectivity index (χ1n) is 5.22. The van der Waals surface area contributed by atoms with Crippen LogP contribution in [0.25, 0.3) is 0 Å². The van der Waals surface area contributed by atoms with Crippen molar-refractivity contribution in [2.45, 2.75) is 57.0 Å². The molecule has 3 nitrogen and oxygen atoms in total. The maximum Gasteiger partial charge on any atom is 0.0972 e. The molecule has 2 N–H and O–H groups in total. The summed E-state index contributed by atoms with van der Waals surface area (Å²) in [5, 5.41) is 12.7. The van der Waals surface area contributed by atoms with Crippen molar-refractivity contribution < 1.29 is 9.84 Å². The Labute approximate surface area is 79.5 Å². The average molecular weight is 185 g/mol. The van der Waals surface area contributed by atoms with Gasteiger partial charge < -0.3 is 15.2 Å². The second-order valence-corrected chi connectivity index (χ2v) is 4.63. The van der Waals surface area contributed by atoms with Gasteiger partial charge in [-0.1, -0.05) is 13.8 Å². The van der Waals surface area contributed by atoms with Crippen molar-refractivity contribution in [2.24, 2.45) is 0 Å². The van der Waals surface area contributed by atoms with Gasteiger partial charge >= 0.3 is 0 Å². The standard InChI is InChI=1S/C10H19NO2/c1-7(2)11-6-8-3-4-10(13-8)5-9(10)12/h7-9,11-12H,3-6H2,1-2H3/t8-,9?,10?/m0/s1. The smallest absolute Gasteiger partial charge is 0.0972 e. The number of ether oxygens (including phenoxy) is 1. The lowest BCUT2D eigenvalue weighted by atomic mass is 10.2. The van der Waals surface area contributed by atoms with Gasteiger partial charge in [-0.3, -0.25) is 0 Å². The van der Waals surface area contributed by atoms with E-state index in [1.54, 1.807) is 0 Å². The Kier molecular flexibility index (Phi) is 2.34. The summed E-state index contributed by atoms with van der Waals surface area (Å²) in [7, 11) is 0. The van der Waals surface area contributed by atoms with Crippen molar-refractivity contribution in [3.8, 4) is 0 Å². The van der Waals surface area contributed by atoms with Crippen molar-refractivity contribution in [3.05, 3.63) is 0 Å². The molecular formula is C10H19NO2. The minimum Gasteiger partial charge on any atom is -0.390 e. The van der Waals surface area contributed by atoms with Crippen molar-refractivity contribution in [2.75, 3.05) is 6.54 Å². The molecule has 2 fully saturated rings. The van der Waals surface area contributed by atoms with E-state index < -0.39 is 0 Å². The third-order valence-corrected chi connectivity index (χ3v) is 3.03. The Bertz CT molecular complexity index is 195. The molecule has 3 atom stereocenters. The highest BCUT2D eigenvalue weighted by atomic mass is 16.5. The Balaban J connectivity index is 1.73. The fourth-order valence-electron chi connectivity index (χ4n) is 2.03. The monoisotopic (exact) mass is 185 g/mol. The molecule has 3 heteroatoms. The van der Waals surface area contributed by atoms with Gasteiger partial charge in [0, 0.05) is 19.0 Å². The first-order valence-corrected chi connectivity index (χ1v) is 5.22. The predicted molar refractivity (Wildman–Crippen MR) is 50.6 cm³/mol. The quantitative estimate of drug-likeness (QED) is 0.679. The van der Waals surface area contributed by atoms with E-state index in [4.69, 9.17) is 4.74 Å². The maximum absolute atomic E-state index is 9.37. The van der Waals surface area contributed by atoms with Crippen LogP contribution in [-0.4, -0.2) is 35.5 Å². The average Bonchev–Trinajstić information content (AvgIpc) is 2.52. The molecule has 1 heterocycles. The van der Waals surface area contributed by atoms with Gasteiger partial charge in [0.05, 0.1) is 17.8 Å². The van der Waals surface area contributed by atoms with E-state index in [-0.39, 0.29) is 11.7 Å². The molecule has 0 radical (unpaired) electrons. The number of rotatable bonds is 3. The minimum atomic E-state index is -0.184. The Morgan fingerprint density at radius 3 is 2.77 bits per heavy atom. The normalized spacial score (nSPS) is 43.4. The third-order valence-electron chi connectivity index (χ3n) is 3.03. The largest absolute Gasteiger partial charge is 0.390 e. The maximum atomic E-state index is 9.37. The van der Waals surface area contributed by atoms with Crippen LogP contribution in [0, 0.1) is 0 Å². The molecule has 13 heavy (non-hydrogen) atoms. The third kappa shape index (κ3) is 1.87. The number of aliphatic hydroxyl groups is 1. The van der Waals surface area contributed by atoms with Crippen LogP contribution in [-0.2, 0) is 4.74 Å². The molecular weight excluding hydrogens is 166 g/mol. The molecule has 2 rings (SSSR count). The molecule has 0 aromatic heterocycles. The summed E-state index contributed by atoms with van der Waals surface area (Å²) in [6, 6.07) is 0.518. The lowest BCUT2D eigenvalue weighted by Gasteiger charge is -2.15. The molecule has 2 unspecified atom stereocenters. The van der Waals surface area contributed by atoms with Crippen LogP contribution >= 0.6 is 0 Å². The summed E-state index contributed by atoms with van der Waals surface area (Å²) in [6.07, 6.45) is 3.12. The van der Waals surface area contributed by atoms with Gasteiger partial charge in [-0.2, -0.15) is 0 Å². The van der Waals surface area contributed by atoms with Crippen molar-refractivity contribution in [1.29, 1.82) is 0 Å². The van der Waals surface area contributed by atoms with Crippen LogP contribution < -0.4 is 5.32 Å². The summed E-state index contributed by atoms with van der Waals surface area (Å²) < 4.78 is 5.81. The van der Waals surface area contributed by atoms with Gasteiger partial charge in [-0.05, 0) is 12.8 Å². The highest BCUT2D eigenvalue weighted by Gasteiger charge is 2.58. The molecule has 76 valence electrons. The van der Waals surface area contributed by atoms with Gasteiger partial charge in [-0.15, -0.1) is 0 Å². The van der Waals surface area contributed by atoms with E-state index in [9.17, 15) is 5.11 Å². The number of hydrogen-bond acceptors (Lipinski definition) is 3. The van der Waals surface area contributed by atoms with Gasteiger partial charge in [0.25, 0.3) is 0 Å². The predicted octanol–water partition coefficient (Wildman–Crippen LogP) is 0.667. The lowest BCUT2D eigenvalue weighted by Crippen LogP contribution is -2.32. The SMILES string of the molecule is CC(C)NC[C@@H]1CCC2(CC2O)O1. The van der Waals surface area contributed by atoms with E-state index >= 15 is 0 Å². The van der Waals surface area contributed by atoms with E-state index in [1.807, 2.05) is 0 Å². The highest BCUT2D eigenvalue weighted by Crippen LogP contribution is 2.49. The molecule has 1 saturated heterocycles. The van der Waals surface area contributed by atoms with Gasteiger partial charge in [0.15, 0.2) is 0 Å². The summed E-state index contributed by atoms with van der Waals surface area (Å²) in [5.41, 5.74) is -0.122. The van der Waals surface area contributed by atoms with Crippen LogP contribution in [0.5, 0.6) is 0 Å². The van der Waals surface area contributed by atoms with Crippen molar-refractivity contribution >= 4 is 0 Å². The second-order valence-electron chi connectivity index (χ2n) is 4.63. The fraction of sp³-hybridized carbons (Fsp3) is 1.00. The summed E-state index contributed by atoms with van der Waals surface area (Å²) >= 11 is 0. The van der Waals surface area contributed by atoms with E-state index in [0.29, 0.717) is 12.1 Å². The molecule has 1 spiro atoms. The zero-order valence-corrected chi connectivity index (χ0v) is 8.42. The summed E-state index contributed by atoms with van der Waals surface area (Å²) in [4.78, 5) is 0. The zero-order chi connectivity index (χ0) is 9.47. The molecule has 1 aliphatic heterocycles. The van der Waals surface area contributed by atoms with Gasteiger partial charge in [0.1, 0.15) is 0 Å². The van der Waals surface area contributed by atoms with Crippen LogP contribution in [0.4, 0.5) is 0 Å². The van der Waals surface area contributed by atoms with Crippen molar-refractivity contribution in [1.82, 2.24) is 5.32 Å². The first-order chi connectivity index (χ1) is 6.12. The molecule has 0 aromatic carbocycles. The van der Waals surface area contributed by atoms with E-state index in [2.05, 4.69) is 19.2 Å². The van der Waals surface area contributed by atoms with E-state index in [0.717, 1.165) is 25.8 Å². The van der Waals surface area contributed by atoms with Crippen LogP contribution in [0.15, 0.2) is 0 Å². The number of nitrogens with one attached hydrogen (secondary N) is 1. The zero-order valence-electron chi connectivity index (χ0n) is 8.42. The Morgan fingerprint density at radius 1 is 1.62 bits per heavy atom. The van der Waals surface area contributed by atoms with Crippen LogP contribution in [0.3, 0.4) is 0 Å². The summed E-state index contributed by atoms with van der Waals surface area (Å²) in [6.45, 7) is 5.19.